The lowest BCUT2D eigenvalue weighted by atomic mass is 9.85. The van der Waals surface area contributed by atoms with Gasteiger partial charge in [-0.3, -0.25) is 9.59 Å². The van der Waals surface area contributed by atoms with Crippen LogP contribution in [0.2, 0.25) is 0 Å². The second-order valence-electron chi connectivity index (χ2n) is 4.26. The zero-order valence-corrected chi connectivity index (χ0v) is 9.03. The molecule has 0 fully saturated rings. The number of esters is 1. The first-order valence-corrected chi connectivity index (χ1v) is 5.04. The molecule has 4 nitrogen and oxygen atoms in total. The largest absolute Gasteiger partial charge is 0.480 e. The van der Waals surface area contributed by atoms with Crippen LogP contribution in [0.4, 0.5) is 0 Å². The lowest BCUT2D eigenvalue weighted by Gasteiger charge is -2.22. The molecule has 0 saturated carbocycles. The average Bonchev–Trinajstić information content (AvgIpc) is 2.63. The summed E-state index contributed by atoms with van der Waals surface area (Å²) in [6.07, 6.45) is 3.90. The van der Waals surface area contributed by atoms with Gasteiger partial charge in [-0.2, -0.15) is 0 Å². The van der Waals surface area contributed by atoms with E-state index in [1.807, 2.05) is 13.8 Å². The van der Waals surface area contributed by atoms with Crippen LogP contribution in [0.1, 0.15) is 26.7 Å². The van der Waals surface area contributed by atoms with Gasteiger partial charge >= 0.3 is 11.9 Å². The van der Waals surface area contributed by atoms with Crippen molar-refractivity contribution in [3.8, 4) is 0 Å². The van der Waals surface area contributed by atoms with Gasteiger partial charge in [-0.15, -0.1) is 0 Å². The minimum absolute atomic E-state index is 0.217. The first-order valence-electron chi connectivity index (χ1n) is 5.04. The maximum absolute atomic E-state index is 11.7. The van der Waals surface area contributed by atoms with Crippen LogP contribution in [0.15, 0.2) is 12.2 Å². The Bertz CT molecular complexity index is 283. The Morgan fingerprint density at radius 2 is 1.93 bits per heavy atom. The molecule has 0 unspecified atom stereocenters. The van der Waals surface area contributed by atoms with Crippen molar-refractivity contribution in [1.29, 1.82) is 0 Å². The van der Waals surface area contributed by atoms with E-state index in [0.717, 1.165) is 0 Å². The summed E-state index contributed by atoms with van der Waals surface area (Å²) in [6.45, 7) is 4.09. The Hall–Kier alpha value is -1.32. The van der Waals surface area contributed by atoms with Crippen LogP contribution in [0, 0.1) is 11.3 Å². The molecule has 0 spiro atoms. The maximum atomic E-state index is 11.7. The first kappa shape index (κ1) is 11.8. The van der Waals surface area contributed by atoms with Crippen LogP contribution in [-0.2, 0) is 14.3 Å². The Kier molecular flexibility index (Phi) is 3.50. The predicted octanol–water partition coefficient (Wildman–Crippen LogP) is 1.61. The zero-order chi connectivity index (χ0) is 11.5. The third-order valence-corrected chi connectivity index (χ3v) is 2.45. The quantitative estimate of drug-likeness (QED) is 0.437. The fourth-order valence-corrected chi connectivity index (χ4v) is 1.46. The highest BCUT2D eigenvalue weighted by molar-refractivity contribution is 6.00. The van der Waals surface area contributed by atoms with Crippen LogP contribution in [0.25, 0.3) is 0 Å². The van der Waals surface area contributed by atoms with Gasteiger partial charge in [0.05, 0.1) is 6.61 Å². The highest BCUT2D eigenvalue weighted by Gasteiger charge is 2.47. The third kappa shape index (κ3) is 2.37. The average molecular weight is 212 g/mol. The molecule has 0 bridgehead atoms. The number of carboxylic acid groups (broad SMARTS) is 1. The van der Waals surface area contributed by atoms with Crippen molar-refractivity contribution < 1.29 is 19.4 Å². The van der Waals surface area contributed by atoms with Crippen molar-refractivity contribution in [2.24, 2.45) is 11.3 Å². The van der Waals surface area contributed by atoms with Gasteiger partial charge in [-0.1, -0.05) is 26.0 Å². The third-order valence-electron chi connectivity index (χ3n) is 2.45. The summed E-state index contributed by atoms with van der Waals surface area (Å²) >= 11 is 0. The molecule has 0 aromatic carbocycles. The molecule has 0 aromatic rings. The summed E-state index contributed by atoms with van der Waals surface area (Å²) in [6, 6.07) is 0. The van der Waals surface area contributed by atoms with Gasteiger partial charge < -0.3 is 9.84 Å². The molecule has 4 heteroatoms. The van der Waals surface area contributed by atoms with Crippen molar-refractivity contribution in [2.75, 3.05) is 6.61 Å². The van der Waals surface area contributed by atoms with E-state index >= 15 is 0 Å². The Morgan fingerprint density at radius 1 is 1.40 bits per heavy atom. The number of hydrogen-bond donors (Lipinski definition) is 1. The fourth-order valence-electron chi connectivity index (χ4n) is 1.46. The molecule has 0 aliphatic heterocycles. The molecule has 1 aliphatic rings. The highest BCUT2D eigenvalue weighted by atomic mass is 16.5. The van der Waals surface area contributed by atoms with Crippen molar-refractivity contribution in [1.82, 2.24) is 0 Å². The summed E-state index contributed by atoms with van der Waals surface area (Å²) in [4.78, 5) is 22.7. The summed E-state index contributed by atoms with van der Waals surface area (Å²) in [7, 11) is 0. The van der Waals surface area contributed by atoms with Gasteiger partial charge in [0, 0.05) is 0 Å². The zero-order valence-electron chi connectivity index (χ0n) is 9.03. The topological polar surface area (TPSA) is 63.6 Å². The SMILES string of the molecule is CC(C)COC(=O)C1(C(=O)O)CC=CC1. The van der Waals surface area contributed by atoms with E-state index in [1.54, 1.807) is 12.2 Å². The molecule has 84 valence electrons. The smallest absolute Gasteiger partial charge is 0.324 e. The van der Waals surface area contributed by atoms with Crippen LogP contribution in [0.5, 0.6) is 0 Å². The number of ether oxygens (including phenoxy) is 1. The molecule has 0 heterocycles. The van der Waals surface area contributed by atoms with Gasteiger partial charge in [-0.05, 0) is 18.8 Å². The molecule has 0 radical (unpaired) electrons. The molecule has 0 saturated heterocycles. The number of rotatable bonds is 4. The van der Waals surface area contributed by atoms with E-state index in [4.69, 9.17) is 9.84 Å². The predicted molar refractivity (Wildman–Crippen MR) is 54.2 cm³/mol. The Labute approximate surface area is 88.9 Å². The molecule has 1 rings (SSSR count). The second-order valence-corrected chi connectivity index (χ2v) is 4.26. The van der Waals surface area contributed by atoms with Crippen LogP contribution < -0.4 is 0 Å². The molecular formula is C11H16O4. The summed E-state index contributed by atoms with van der Waals surface area (Å²) in [5.74, 6) is -1.50. The maximum Gasteiger partial charge on any atom is 0.324 e. The van der Waals surface area contributed by atoms with Gasteiger partial charge in [0.1, 0.15) is 0 Å². The van der Waals surface area contributed by atoms with Crippen molar-refractivity contribution >= 4 is 11.9 Å². The molecule has 1 N–H and O–H groups in total. The van der Waals surface area contributed by atoms with Gasteiger partial charge in [0.25, 0.3) is 0 Å². The Balaban J connectivity index is 2.65. The highest BCUT2D eigenvalue weighted by Crippen LogP contribution is 2.35. The van der Waals surface area contributed by atoms with Crippen molar-refractivity contribution in [2.45, 2.75) is 26.7 Å². The minimum Gasteiger partial charge on any atom is -0.480 e. The van der Waals surface area contributed by atoms with Gasteiger partial charge in [-0.25, -0.2) is 0 Å². The number of carbonyl (C=O) groups excluding carboxylic acids is 1. The molecule has 1 aliphatic carbocycles. The van der Waals surface area contributed by atoms with Crippen molar-refractivity contribution in [3.63, 3.8) is 0 Å². The first-order chi connectivity index (χ1) is 6.99. The van der Waals surface area contributed by atoms with E-state index in [9.17, 15) is 9.59 Å². The molecule has 0 atom stereocenters. The lowest BCUT2D eigenvalue weighted by Crippen LogP contribution is -2.39. The fraction of sp³-hybridized carbons (Fsp3) is 0.636. The lowest BCUT2D eigenvalue weighted by molar-refractivity contribution is -0.168. The van der Waals surface area contributed by atoms with Crippen LogP contribution in [0.3, 0.4) is 0 Å². The number of aliphatic carboxylic acids is 1. The van der Waals surface area contributed by atoms with Crippen LogP contribution in [-0.4, -0.2) is 23.7 Å². The van der Waals surface area contributed by atoms with Gasteiger partial charge in [0.2, 0.25) is 0 Å². The molecule has 15 heavy (non-hydrogen) atoms. The van der Waals surface area contributed by atoms with E-state index in [1.165, 1.54) is 0 Å². The van der Waals surface area contributed by atoms with Crippen LogP contribution >= 0.6 is 0 Å². The van der Waals surface area contributed by atoms with E-state index in [-0.39, 0.29) is 25.4 Å². The standard InChI is InChI=1S/C11H16O4/c1-8(2)7-15-10(14)11(9(12)13)5-3-4-6-11/h3-4,8H,5-7H2,1-2H3,(H,12,13). The minimum atomic E-state index is -1.37. The molecule has 0 amide bonds. The van der Waals surface area contributed by atoms with Crippen molar-refractivity contribution in [3.05, 3.63) is 12.2 Å². The normalized spacial score (nSPS) is 18.1. The Morgan fingerprint density at radius 3 is 2.33 bits per heavy atom. The summed E-state index contributed by atoms with van der Waals surface area (Å²) in [5, 5.41) is 9.06. The monoisotopic (exact) mass is 212 g/mol. The molecular weight excluding hydrogens is 196 g/mol. The van der Waals surface area contributed by atoms with Gasteiger partial charge in [0.15, 0.2) is 5.41 Å². The number of carbonyl (C=O) groups is 2. The summed E-state index contributed by atoms with van der Waals surface area (Å²) < 4.78 is 4.99. The molecule has 0 aromatic heterocycles. The van der Waals surface area contributed by atoms with E-state index < -0.39 is 17.4 Å². The summed E-state index contributed by atoms with van der Waals surface area (Å²) in [5.41, 5.74) is -1.37. The second kappa shape index (κ2) is 4.47. The number of allylic oxidation sites excluding steroid dienone is 2. The number of carboxylic acids is 1. The van der Waals surface area contributed by atoms with E-state index in [0.29, 0.717) is 0 Å². The van der Waals surface area contributed by atoms with E-state index in [2.05, 4.69) is 0 Å². The number of hydrogen-bond acceptors (Lipinski definition) is 3.